The maximum atomic E-state index is 11.9. The van der Waals surface area contributed by atoms with Crippen LogP contribution in [0.3, 0.4) is 0 Å². The van der Waals surface area contributed by atoms with Crippen LogP contribution in [-0.4, -0.2) is 47.8 Å². The van der Waals surface area contributed by atoms with Crippen molar-refractivity contribution in [3.05, 3.63) is 35.4 Å². The Morgan fingerprint density at radius 3 is 2.26 bits per heavy atom. The number of rotatable bonds is 6. The molecule has 1 aliphatic rings. The highest BCUT2D eigenvalue weighted by molar-refractivity contribution is 5.96. The molecule has 7 nitrogen and oxygen atoms in total. The van der Waals surface area contributed by atoms with Gasteiger partial charge in [-0.3, -0.25) is 9.59 Å². The second kappa shape index (κ2) is 7.98. The number of nitrogens with two attached hydrogens (primary N) is 1. The maximum Gasteiger partial charge on any atom is 0.251 e. The van der Waals surface area contributed by atoms with Crippen molar-refractivity contribution in [2.24, 2.45) is 16.1 Å². The number of aliphatic imine (C=N–C) groups is 1. The second-order valence-corrected chi connectivity index (χ2v) is 8.05. The summed E-state index contributed by atoms with van der Waals surface area (Å²) in [5.74, 6) is 0.0224. The Hall–Kier alpha value is -2.57. The molecular weight excluding hydrogens is 342 g/mol. The highest BCUT2D eigenvalue weighted by Gasteiger charge is 2.53. The lowest BCUT2D eigenvalue weighted by molar-refractivity contribution is -0.117. The molecule has 1 fully saturated rings. The van der Waals surface area contributed by atoms with Gasteiger partial charge in [-0.1, -0.05) is 26.0 Å². The van der Waals surface area contributed by atoms with Gasteiger partial charge in [0.1, 0.15) is 0 Å². The first-order valence-corrected chi connectivity index (χ1v) is 9.30. The summed E-state index contributed by atoms with van der Waals surface area (Å²) in [6, 6.07) is 7.20. The summed E-state index contributed by atoms with van der Waals surface area (Å²) in [5.41, 5.74) is 6.81. The summed E-state index contributed by atoms with van der Waals surface area (Å²) in [6.45, 7) is 13.2. The summed E-state index contributed by atoms with van der Waals surface area (Å²) in [6.07, 6.45) is 0. The Labute approximate surface area is 161 Å². The lowest BCUT2D eigenvalue weighted by Crippen LogP contribution is -2.72. The Kier molecular flexibility index (Phi) is 6.13. The minimum atomic E-state index is -0.567. The minimum absolute atomic E-state index is 0.0381. The second-order valence-electron chi connectivity index (χ2n) is 8.05. The van der Waals surface area contributed by atoms with Gasteiger partial charge in [0.25, 0.3) is 5.91 Å². The number of guanidine groups is 1. The number of benzene rings is 1. The molecule has 0 unspecified atom stereocenters. The van der Waals surface area contributed by atoms with E-state index in [0.717, 1.165) is 24.6 Å². The van der Waals surface area contributed by atoms with Gasteiger partial charge in [-0.2, -0.15) is 0 Å². The van der Waals surface area contributed by atoms with Gasteiger partial charge in [-0.15, -0.1) is 0 Å². The predicted molar refractivity (Wildman–Crippen MR) is 107 cm³/mol. The van der Waals surface area contributed by atoms with E-state index in [1.165, 1.54) is 0 Å². The third kappa shape index (κ3) is 4.59. The van der Waals surface area contributed by atoms with Crippen molar-refractivity contribution < 1.29 is 9.59 Å². The standard InChI is InChI=1S/C20H31N5O2/c1-6-22-18(25-13-19(2,3)20(25,4)5)24-11-14-7-9-15(10-8-14)17(27)23-12-16(21)26/h7-10H,6,11-13H2,1-5H3,(H2,21,26)(H,22,24)(H,23,27). The highest BCUT2D eigenvalue weighted by atomic mass is 16.2. The minimum Gasteiger partial charge on any atom is -0.368 e. The molecule has 0 bridgehead atoms. The molecule has 0 radical (unpaired) electrons. The Morgan fingerprint density at radius 2 is 1.78 bits per heavy atom. The van der Waals surface area contributed by atoms with Crippen LogP contribution in [0.5, 0.6) is 0 Å². The van der Waals surface area contributed by atoms with Gasteiger partial charge in [0.15, 0.2) is 5.96 Å². The molecule has 148 valence electrons. The molecule has 27 heavy (non-hydrogen) atoms. The Morgan fingerprint density at radius 1 is 1.15 bits per heavy atom. The van der Waals surface area contributed by atoms with Crippen LogP contribution in [0.2, 0.25) is 0 Å². The maximum absolute atomic E-state index is 11.9. The molecule has 2 rings (SSSR count). The zero-order valence-electron chi connectivity index (χ0n) is 16.9. The van der Waals surface area contributed by atoms with Crippen molar-refractivity contribution >= 4 is 17.8 Å². The Balaban J connectivity index is 2.04. The average molecular weight is 374 g/mol. The molecule has 0 spiro atoms. The normalized spacial score (nSPS) is 17.8. The molecule has 1 aromatic rings. The molecular formula is C20H31N5O2. The number of primary amides is 1. The van der Waals surface area contributed by atoms with E-state index in [1.54, 1.807) is 12.1 Å². The van der Waals surface area contributed by atoms with Crippen molar-refractivity contribution in [2.75, 3.05) is 19.6 Å². The van der Waals surface area contributed by atoms with Crippen LogP contribution in [0.4, 0.5) is 0 Å². The number of carbonyl (C=O) groups is 2. The monoisotopic (exact) mass is 373 g/mol. The third-order valence-corrected chi connectivity index (χ3v) is 5.53. The zero-order valence-corrected chi connectivity index (χ0v) is 16.9. The summed E-state index contributed by atoms with van der Waals surface area (Å²) < 4.78 is 0. The molecule has 2 amide bonds. The molecule has 0 atom stereocenters. The van der Waals surface area contributed by atoms with Crippen molar-refractivity contribution in [3.8, 4) is 0 Å². The van der Waals surface area contributed by atoms with Crippen molar-refractivity contribution in [3.63, 3.8) is 0 Å². The summed E-state index contributed by atoms with van der Waals surface area (Å²) in [7, 11) is 0. The number of nitrogens with zero attached hydrogens (tertiary/aromatic N) is 2. The molecule has 1 aliphatic heterocycles. The van der Waals surface area contributed by atoms with E-state index in [1.807, 2.05) is 12.1 Å². The Bertz CT molecular complexity index is 722. The lowest BCUT2D eigenvalue weighted by atomic mass is 9.65. The fourth-order valence-electron chi connectivity index (χ4n) is 2.99. The van der Waals surface area contributed by atoms with Crippen molar-refractivity contribution in [2.45, 2.75) is 46.7 Å². The van der Waals surface area contributed by atoms with Crippen LogP contribution in [0, 0.1) is 5.41 Å². The first kappa shape index (κ1) is 20.7. The molecule has 1 saturated heterocycles. The van der Waals surface area contributed by atoms with Crippen LogP contribution < -0.4 is 16.4 Å². The average Bonchev–Trinajstić information content (AvgIpc) is 2.61. The van der Waals surface area contributed by atoms with Gasteiger partial charge in [-0.05, 0) is 38.5 Å². The van der Waals surface area contributed by atoms with E-state index in [-0.39, 0.29) is 23.4 Å². The van der Waals surface area contributed by atoms with Gasteiger partial charge in [-0.25, -0.2) is 4.99 Å². The van der Waals surface area contributed by atoms with Gasteiger partial charge in [0.05, 0.1) is 13.1 Å². The zero-order chi connectivity index (χ0) is 20.2. The first-order valence-electron chi connectivity index (χ1n) is 9.30. The van der Waals surface area contributed by atoms with Crippen LogP contribution in [-0.2, 0) is 11.3 Å². The first-order chi connectivity index (χ1) is 12.6. The molecule has 4 N–H and O–H groups in total. The molecule has 1 heterocycles. The van der Waals surface area contributed by atoms with Gasteiger partial charge < -0.3 is 21.3 Å². The van der Waals surface area contributed by atoms with Crippen molar-refractivity contribution in [1.29, 1.82) is 0 Å². The fourth-order valence-corrected chi connectivity index (χ4v) is 2.99. The lowest BCUT2D eigenvalue weighted by Gasteiger charge is -2.62. The van der Waals surface area contributed by atoms with Crippen LogP contribution in [0.15, 0.2) is 29.3 Å². The quantitative estimate of drug-likeness (QED) is 0.519. The molecule has 0 aliphatic carbocycles. The van der Waals surface area contributed by atoms with Crippen LogP contribution in [0.1, 0.15) is 50.5 Å². The van der Waals surface area contributed by atoms with E-state index >= 15 is 0 Å². The summed E-state index contributed by atoms with van der Waals surface area (Å²) >= 11 is 0. The largest absolute Gasteiger partial charge is 0.368 e. The third-order valence-electron chi connectivity index (χ3n) is 5.53. The summed E-state index contributed by atoms with van der Waals surface area (Å²) in [4.78, 5) is 29.7. The molecule has 7 heteroatoms. The van der Waals surface area contributed by atoms with Gasteiger partial charge >= 0.3 is 0 Å². The topological polar surface area (TPSA) is 99.8 Å². The van der Waals surface area contributed by atoms with E-state index < -0.39 is 5.91 Å². The molecule has 0 aromatic heterocycles. The number of likely N-dealkylation sites (tertiary alicyclic amines) is 1. The highest BCUT2D eigenvalue weighted by Crippen LogP contribution is 2.46. The number of hydrogen-bond donors (Lipinski definition) is 3. The van der Waals surface area contributed by atoms with Crippen LogP contribution in [0.25, 0.3) is 0 Å². The molecule has 0 saturated carbocycles. The van der Waals surface area contributed by atoms with E-state index in [0.29, 0.717) is 12.1 Å². The number of carbonyl (C=O) groups excluding carboxylic acids is 2. The van der Waals surface area contributed by atoms with E-state index in [2.05, 4.69) is 50.2 Å². The van der Waals surface area contributed by atoms with E-state index in [4.69, 9.17) is 10.7 Å². The number of amides is 2. The van der Waals surface area contributed by atoms with Gasteiger partial charge in [0.2, 0.25) is 5.91 Å². The van der Waals surface area contributed by atoms with Crippen molar-refractivity contribution in [1.82, 2.24) is 15.5 Å². The molecule has 1 aromatic carbocycles. The van der Waals surface area contributed by atoms with E-state index in [9.17, 15) is 9.59 Å². The van der Waals surface area contributed by atoms with Crippen LogP contribution >= 0.6 is 0 Å². The number of nitrogens with one attached hydrogen (secondary N) is 2. The predicted octanol–water partition coefficient (Wildman–Crippen LogP) is 1.49. The number of hydrogen-bond acceptors (Lipinski definition) is 3. The fraction of sp³-hybridized carbons (Fsp3) is 0.550. The smallest absolute Gasteiger partial charge is 0.251 e. The SMILES string of the molecule is CCNC(=NCc1ccc(C(=O)NCC(N)=O)cc1)N1CC(C)(C)C1(C)C. The summed E-state index contributed by atoms with van der Waals surface area (Å²) in [5, 5.41) is 5.85. The van der Waals surface area contributed by atoms with Gasteiger partial charge in [0, 0.05) is 29.6 Å².